The minimum Gasteiger partial charge on any atom is -0.354 e. The van der Waals surface area contributed by atoms with E-state index in [-0.39, 0.29) is 5.91 Å². The maximum absolute atomic E-state index is 12.9. The van der Waals surface area contributed by atoms with Crippen molar-refractivity contribution in [3.63, 3.8) is 0 Å². The number of para-hydroxylation sites is 1. The molecule has 2 atom stereocenters. The fourth-order valence-electron chi connectivity index (χ4n) is 4.12. The predicted octanol–water partition coefficient (Wildman–Crippen LogP) is 1.57. The molecule has 8 nitrogen and oxygen atoms in total. The van der Waals surface area contributed by atoms with Crippen LogP contribution in [0.4, 0.5) is 5.82 Å². The first-order valence-corrected chi connectivity index (χ1v) is 9.50. The van der Waals surface area contributed by atoms with Gasteiger partial charge in [-0.05, 0) is 31.2 Å². The van der Waals surface area contributed by atoms with Crippen molar-refractivity contribution in [3.8, 4) is 5.69 Å². The Morgan fingerprint density at radius 2 is 1.71 bits per heavy atom. The number of rotatable bonds is 3. The van der Waals surface area contributed by atoms with Crippen LogP contribution in [0.3, 0.4) is 0 Å². The van der Waals surface area contributed by atoms with E-state index in [1.54, 1.807) is 6.20 Å². The maximum Gasteiger partial charge on any atom is 0.276 e. The van der Waals surface area contributed by atoms with Crippen LogP contribution >= 0.6 is 0 Å². The monoisotopic (exact) mass is 375 g/mol. The number of amides is 1. The molecule has 1 aromatic carbocycles. The Morgan fingerprint density at radius 3 is 2.39 bits per heavy atom. The molecule has 2 aromatic heterocycles. The van der Waals surface area contributed by atoms with E-state index in [4.69, 9.17) is 0 Å². The van der Waals surface area contributed by atoms with Gasteiger partial charge in [-0.25, -0.2) is 0 Å². The molecule has 8 heteroatoms. The molecule has 1 amide bonds. The summed E-state index contributed by atoms with van der Waals surface area (Å²) in [6.07, 6.45) is 1.55. The van der Waals surface area contributed by atoms with Gasteiger partial charge < -0.3 is 9.80 Å². The Bertz CT molecular complexity index is 971. The number of aromatic nitrogens is 5. The molecule has 3 aromatic rings. The summed E-state index contributed by atoms with van der Waals surface area (Å²) >= 11 is 0. The lowest BCUT2D eigenvalue weighted by Crippen LogP contribution is -2.33. The van der Waals surface area contributed by atoms with Crippen molar-refractivity contribution in [3.05, 3.63) is 60.0 Å². The van der Waals surface area contributed by atoms with Crippen molar-refractivity contribution in [1.29, 1.82) is 0 Å². The highest BCUT2D eigenvalue weighted by Crippen LogP contribution is 2.33. The number of hydrogen-bond donors (Lipinski definition) is 0. The summed E-state index contributed by atoms with van der Waals surface area (Å²) < 4.78 is 0. The van der Waals surface area contributed by atoms with Crippen LogP contribution in [0.1, 0.15) is 16.2 Å². The molecule has 0 aliphatic carbocycles. The Labute approximate surface area is 162 Å². The number of carbonyl (C=O) groups is 1. The van der Waals surface area contributed by atoms with E-state index in [1.165, 1.54) is 4.80 Å². The van der Waals surface area contributed by atoms with Gasteiger partial charge in [0, 0.05) is 38.0 Å². The number of carbonyl (C=O) groups excluding carboxylic acids is 1. The fourth-order valence-corrected chi connectivity index (χ4v) is 4.12. The average Bonchev–Trinajstić information content (AvgIpc) is 3.43. The Hall–Kier alpha value is -3.29. The summed E-state index contributed by atoms with van der Waals surface area (Å²) in [7, 11) is 0. The second kappa shape index (κ2) is 6.70. The van der Waals surface area contributed by atoms with E-state index >= 15 is 0 Å². The molecule has 2 aliphatic rings. The van der Waals surface area contributed by atoms with Crippen LogP contribution in [0.25, 0.3) is 5.69 Å². The molecule has 0 radical (unpaired) electrons. The van der Waals surface area contributed by atoms with E-state index in [2.05, 4.69) is 25.3 Å². The molecule has 2 saturated heterocycles. The zero-order valence-electron chi connectivity index (χ0n) is 15.6. The zero-order valence-corrected chi connectivity index (χ0v) is 15.6. The minimum atomic E-state index is -0.0433. The number of anilines is 1. The topological polar surface area (TPSA) is 80.0 Å². The first-order chi connectivity index (χ1) is 13.7. The molecule has 0 spiro atoms. The molecule has 0 bridgehead atoms. The first kappa shape index (κ1) is 16.9. The molecule has 0 N–H and O–H groups in total. The van der Waals surface area contributed by atoms with E-state index in [9.17, 15) is 4.79 Å². The van der Waals surface area contributed by atoms with Crippen LogP contribution in [-0.4, -0.2) is 62.2 Å². The van der Waals surface area contributed by atoms with Crippen molar-refractivity contribution in [2.45, 2.75) is 6.92 Å². The lowest BCUT2D eigenvalue weighted by Gasteiger charge is -2.21. The fraction of sp³-hybridized carbons (Fsp3) is 0.350. The third-order valence-electron chi connectivity index (χ3n) is 5.58. The zero-order chi connectivity index (χ0) is 19.1. The van der Waals surface area contributed by atoms with Crippen LogP contribution in [-0.2, 0) is 0 Å². The molecule has 142 valence electrons. The molecule has 2 fully saturated rings. The number of likely N-dealkylation sites (tertiary alicyclic amines) is 1. The maximum atomic E-state index is 12.9. The van der Waals surface area contributed by atoms with Gasteiger partial charge in [0.25, 0.3) is 5.91 Å². The Kier molecular flexibility index (Phi) is 4.03. The highest BCUT2D eigenvalue weighted by molar-refractivity contribution is 5.92. The highest BCUT2D eigenvalue weighted by atomic mass is 16.2. The lowest BCUT2D eigenvalue weighted by atomic mass is 10.0. The van der Waals surface area contributed by atoms with E-state index in [0.717, 1.165) is 43.4 Å². The van der Waals surface area contributed by atoms with Crippen molar-refractivity contribution >= 4 is 11.7 Å². The molecular weight excluding hydrogens is 354 g/mol. The van der Waals surface area contributed by atoms with Gasteiger partial charge in [-0.1, -0.05) is 18.2 Å². The van der Waals surface area contributed by atoms with Crippen molar-refractivity contribution in [2.24, 2.45) is 11.8 Å². The van der Waals surface area contributed by atoms with Crippen LogP contribution in [0, 0.1) is 18.8 Å². The molecule has 2 aliphatic heterocycles. The third kappa shape index (κ3) is 3.00. The van der Waals surface area contributed by atoms with Crippen molar-refractivity contribution in [2.75, 3.05) is 31.1 Å². The van der Waals surface area contributed by atoms with Crippen LogP contribution in [0.15, 0.2) is 48.7 Å². The molecule has 4 heterocycles. The van der Waals surface area contributed by atoms with Gasteiger partial charge in [-0.3, -0.25) is 4.79 Å². The van der Waals surface area contributed by atoms with Gasteiger partial charge in [0.1, 0.15) is 0 Å². The van der Waals surface area contributed by atoms with Crippen molar-refractivity contribution < 1.29 is 4.79 Å². The number of aryl methyl sites for hydroxylation is 1. The summed E-state index contributed by atoms with van der Waals surface area (Å²) in [6.45, 7) is 5.24. The summed E-state index contributed by atoms with van der Waals surface area (Å²) in [5, 5.41) is 17.1. The van der Waals surface area contributed by atoms with E-state index < -0.39 is 0 Å². The molecule has 5 rings (SSSR count). The summed E-state index contributed by atoms with van der Waals surface area (Å²) in [5.74, 6) is 1.79. The summed E-state index contributed by atoms with van der Waals surface area (Å²) in [4.78, 5) is 18.6. The first-order valence-electron chi connectivity index (χ1n) is 9.50. The van der Waals surface area contributed by atoms with Gasteiger partial charge >= 0.3 is 0 Å². The van der Waals surface area contributed by atoms with E-state index in [1.807, 2.05) is 54.3 Å². The Morgan fingerprint density at radius 1 is 0.964 bits per heavy atom. The van der Waals surface area contributed by atoms with Crippen LogP contribution in [0.2, 0.25) is 0 Å². The van der Waals surface area contributed by atoms with Crippen molar-refractivity contribution in [1.82, 2.24) is 30.1 Å². The van der Waals surface area contributed by atoms with Gasteiger partial charge in [-0.15, -0.1) is 10.2 Å². The second-order valence-corrected chi connectivity index (χ2v) is 7.52. The minimum absolute atomic E-state index is 0.0433. The third-order valence-corrected chi connectivity index (χ3v) is 5.58. The van der Waals surface area contributed by atoms with Gasteiger partial charge in [-0.2, -0.15) is 15.0 Å². The summed E-state index contributed by atoms with van der Waals surface area (Å²) in [6, 6.07) is 13.6. The molecule has 28 heavy (non-hydrogen) atoms. The number of benzene rings is 1. The molecule has 0 saturated carbocycles. The molecule has 2 unspecified atom stereocenters. The average molecular weight is 375 g/mol. The SMILES string of the molecule is Cc1ccc(N2CC3CN(C(=O)c4cnn(-c5ccccc5)n4)CC3C2)nn1. The number of fused-ring (bicyclic) bond motifs is 1. The molecular formula is C20H21N7O. The van der Waals surface area contributed by atoms with Crippen LogP contribution in [0.5, 0.6) is 0 Å². The van der Waals surface area contributed by atoms with Gasteiger partial charge in [0.15, 0.2) is 11.5 Å². The normalized spacial score (nSPS) is 21.2. The quantitative estimate of drug-likeness (QED) is 0.691. The van der Waals surface area contributed by atoms with Gasteiger partial charge in [0.05, 0.1) is 17.6 Å². The standard InChI is InChI=1S/C20H21N7O/c1-14-7-8-19(23-22-14)25-10-15-12-26(13-16(15)11-25)20(28)18-9-21-27(24-18)17-5-3-2-4-6-17/h2-9,15-16H,10-13H2,1H3. The Balaban J connectivity index is 1.25. The van der Waals surface area contributed by atoms with Crippen LogP contribution < -0.4 is 4.90 Å². The summed E-state index contributed by atoms with van der Waals surface area (Å²) in [5.41, 5.74) is 2.16. The number of hydrogen-bond acceptors (Lipinski definition) is 6. The van der Waals surface area contributed by atoms with E-state index in [0.29, 0.717) is 17.5 Å². The highest BCUT2D eigenvalue weighted by Gasteiger charge is 2.42. The van der Waals surface area contributed by atoms with Gasteiger partial charge in [0.2, 0.25) is 0 Å². The number of nitrogens with zero attached hydrogens (tertiary/aromatic N) is 7. The lowest BCUT2D eigenvalue weighted by molar-refractivity contribution is 0.0776. The smallest absolute Gasteiger partial charge is 0.276 e. The largest absolute Gasteiger partial charge is 0.354 e. The predicted molar refractivity (Wildman–Crippen MR) is 103 cm³/mol. The second-order valence-electron chi connectivity index (χ2n) is 7.52.